The summed E-state index contributed by atoms with van der Waals surface area (Å²) in [7, 11) is 1.59. The molecule has 1 aromatic heterocycles. The molecule has 1 fully saturated rings. The number of aromatic nitrogens is 2. The van der Waals surface area contributed by atoms with E-state index in [0.29, 0.717) is 42.7 Å². The van der Waals surface area contributed by atoms with Gasteiger partial charge < -0.3 is 19.3 Å². The molecule has 2 aromatic carbocycles. The van der Waals surface area contributed by atoms with E-state index in [4.69, 9.17) is 21.1 Å². The number of hydrogen-bond acceptors (Lipinski definition) is 6. The van der Waals surface area contributed by atoms with Crippen LogP contribution in [0.4, 0.5) is 5.82 Å². The maximum atomic E-state index is 12.6. The van der Waals surface area contributed by atoms with Crippen molar-refractivity contribution in [1.29, 1.82) is 0 Å². The molecule has 1 saturated heterocycles. The first kappa shape index (κ1) is 21.9. The van der Waals surface area contributed by atoms with Crippen LogP contribution >= 0.6 is 11.6 Å². The maximum Gasteiger partial charge on any atom is 0.260 e. The summed E-state index contributed by atoms with van der Waals surface area (Å²) in [5.74, 6) is 1.93. The van der Waals surface area contributed by atoms with Gasteiger partial charge in [0.15, 0.2) is 23.9 Å². The van der Waals surface area contributed by atoms with Crippen molar-refractivity contribution in [3.05, 3.63) is 65.2 Å². The second-order valence-corrected chi connectivity index (χ2v) is 7.97. The van der Waals surface area contributed by atoms with Gasteiger partial charge in [-0.05, 0) is 42.8 Å². The van der Waals surface area contributed by atoms with Gasteiger partial charge in [0.1, 0.15) is 0 Å². The number of methoxy groups -OCH3 is 1. The van der Waals surface area contributed by atoms with E-state index >= 15 is 0 Å². The Bertz CT molecular complexity index is 1080. The second kappa shape index (κ2) is 9.87. The molecule has 166 valence electrons. The SMILES string of the molecule is COc1cc(C)ccc1OCC(=O)N1CCN(c2ccc(-c3ccccc3Cl)nn2)CC1. The van der Waals surface area contributed by atoms with Gasteiger partial charge >= 0.3 is 0 Å². The molecule has 7 nitrogen and oxygen atoms in total. The molecule has 8 heteroatoms. The summed E-state index contributed by atoms with van der Waals surface area (Å²) in [6.45, 7) is 4.51. The molecule has 0 aliphatic carbocycles. The van der Waals surface area contributed by atoms with Crippen LogP contribution in [0.25, 0.3) is 11.3 Å². The van der Waals surface area contributed by atoms with Crippen molar-refractivity contribution < 1.29 is 14.3 Å². The van der Waals surface area contributed by atoms with E-state index in [1.54, 1.807) is 7.11 Å². The van der Waals surface area contributed by atoms with E-state index in [2.05, 4.69) is 15.1 Å². The van der Waals surface area contributed by atoms with Crippen molar-refractivity contribution in [1.82, 2.24) is 15.1 Å². The third-order valence-electron chi connectivity index (χ3n) is 5.43. The number of ether oxygens (including phenoxy) is 2. The molecule has 0 atom stereocenters. The molecular formula is C24H25ClN4O3. The first-order chi connectivity index (χ1) is 15.5. The molecule has 1 aliphatic heterocycles. The summed E-state index contributed by atoms with van der Waals surface area (Å²) in [5.41, 5.74) is 2.66. The average molecular weight is 453 g/mol. The smallest absolute Gasteiger partial charge is 0.260 e. The van der Waals surface area contributed by atoms with Crippen molar-refractivity contribution >= 4 is 23.3 Å². The highest BCUT2D eigenvalue weighted by Crippen LogP contribution is 2.28. The predicted octanol–water partition coefficient (Wildman–Crippen LogP) is 3.84. The van der Waals surface area contributed by atoms with Crippen LogP contribution in [0.1, 0.15) is 5.56 Å². The minimum Gasteiger partial charge on any atom is -0.493 e. The summed E-state index contributed by atoms with van der Waals surface area (Å²) in [6.07, 6.45) is 0. The average Bonchev–Trinajstić information content (AvgIpc) is 2.83. The third-order valence-corrected chi connectivity index (χ3v) is 5.76. The highest BCUT2D eigenvalue weighted by atomic mass is 35.5. The van der Waals surface area contributed by atoms with Gasteiger partial charge in [-0.25, -0.2) is 0 Å². The van der Waals surface area contributed by atoms with Crippen molar-refractivity contribution in [2.75, 3.05) is 44.8 Å². The van der Waals surface area contributed by atoms with Crippen LogP contribution in [0.3, 0.4) is 0 Å². The normalized spacial score (nSPS) is 13.7. The summed E-state index contributed by atoms with van der Waals surface area (Å²) in [5, 5.41) is 9.35. The number of carbonyl (C=O) groups is 1. The number of hydrogen-bond donors (Lipinski definition) is 0. The summed E-state index contributed by atoms with van der Waals surface area (Å²) < 4.78 is 11.0. The van der Waals surface area contributed by atoms with Crippen LogP contribution in [0.2, 0.25) is 5.02 Å². The van der Waals surface area contributed by atoms with Crippen molar-refractivity contribution in [2.24, 2.45) is 0 Å². The molecule has 4 rings (SSSR count). The second-order valence-electron chi connectivity index (χ2n) is 7.57. The Kier molecular flexibility index (Phi) is 6.75. The van der Waals surface area contributed by atoms with Crippen molar-refractivity contribution in [3.63, 3.8) is 0 Å². The number of halogens is 1. The summed E-state index contributed by atoms with van der Waals surface area (Å²) in [4.78, 5) is 16.5. The van der Waals surface area contributed by atoms with E-state index < -0.39 is 0 Å². The number of piperazine rings is 1. The van der Waals surface area contributed by atoms with E-state index in [0.717, 1.165) is 22.6 Å². The quantitative estimate of drug-likeness (QED) is 0.566. The standard InChI is InChI=1S/C24H25ClN4O3/c1-17-7-9-21(22(15-17)31-2)32-16-24(30)29-13-11-28(12-14-29)23-10-8-20(26-27-23)18-5-3-4-6-19(18)25/h3-10,15H,11-14,16H2,1-2H3. The van der Waals surface area contributed by atoms with E-state index in [1.165, 1.54) is 0 Å². The molecule has 2 heterocycles. The van der Waals surface area contributed by atoms with Crippen LogP contribution in [0.5, 0.6) is 11.5 Å². The highest BCUT2D eigenvalue weighted by molar-refractivity contribution is 6.33. The molecule has 0 bridgehead atoms. The minimum absolute atomic E-state index is 0.0221. The lowest BCUT2D eigenvalue weighted by atomic mass is 10.1. The lowest BCUT2D eigenvalue weighted by Crippen LogP contribution is -2.50. The Morgan fingerprint density at radius 3 is 2.47 bits per heavy atom. The fourth-order valence-electron chi connectivity index (χ4n) is 3.62. The van der Waals surface area contributed by atoms with E-state index in [1.807, 2.05) is 66.4 Å². The molecule has 0 radical (unpaired) electrons. The zero-order valence-electron chi connectivity index (χ0n) is 18.1. The number of amides is 1. The Hall–Kier alpha value is -3.32. The molecular weight excluding hydrogens is 428 g/mol. The third kappa shape index (κ3) is 4.94. The minimum atomic E-state index is -0.0487. The Labute approximate surface area is 192 Å². The van der Waals surface area contributed by atoms with Gasteiger partial charge in [-0.15, -0.1) is 10.2 Å². The highest BCUT2D eigenvalue weighted by Gasteiger charge is 2.23. The first-order valence-corrected chi connectivity index (χ1v) is 10.8. The first-order valence-electron chi connectivity index (χ1n) is 10.4. The molecule has 0 N–H and O–H groups in total. The monoisotopic (exact) mass is 452 g/mol. The lowest BCUT2D eigenvalue weighted by molar-refractivity contribution is -0.133. The Balaban J connectivity index is 1.31. The van der Waals surface area contributed by atoms with Crippen LogP contribution in [0.15, 0.2) is 54.6 Å². The summed E-state index contributed by atoms with van der Waals surface area (Å²) >= 11 is 6.25. The number of carbonyl (C=O) groups excluding carboxylic acids is 1. The van der Waals surface area contributed by atoms with E-state index in [9.17, 15) is 4.79 Å². The van der Waals surface area contributed by atoms with Crippen LogP contribution in [-0.2, 0) is 4.79 Å². The van der Waals surface area contributed by atoms with Gasteiger partial charge in [-0.1, -0.05) is 35.9 Å². The lowest BCUT2D eigenvalue weighted by Gasteiger charge is -2.35. The fraction of sp³-hybridized carbons (Fsp3) is 0.292. The van der Waals surface area contributed by atoms with Crippen LogP contribution < -0.4 is 14.4 Å². The molecule has 0 spiro atoms. The molecule has 1 amide bonds. The van der Waals surface area contributed by atoms with Gasteiger partial charge in [-0.2, -0.15) is 0 Å². The number of anilines is 1. The van der Waals surface area contributed by atoms with Gasteiger partial charge in [0.25, 0.3) is 5.91 Å². The Morgan fingerprint density at radius 1 is 1.00 bits per heavy atom. The zero-order chi connectivity index (χ0) is 22.5. The van der Waals surface area contributed by atoms with Crippen molar-refractivity contribution in [2.45, 2.75) is 6.92 Å². The molecule has 1 aliphatic rings. The zero-order valence-corrected chi connectivity index (χ0v) is 18.9. The van der Waals surface area contributed by atoms with Crippen LogP contribution in [0, 0.1) is 6.92 Å². The topological polar surface area (TPSA) is 67.8 Å². The molecule has 32 heavy (non-hydrogen) atoms. The van der Waals surface area contributed by atoms with E-state index in [-0.39, 0.29) is 12.5 Å². The number of rotatable bonds is 6. The maximum absolute atomic E-state index is 12.6. The van der Waals surface area contributed by atoms with Gasteiger partial charge in [0.05, 0.1) is 17.8 Å². The number of nitrogens with zero attached hydrogens (tertiary/aromatic N) is 4. The number of aryl methyl sites for hydroxylation is 1. The van der Waals surface area contributed by atoms with Crippen LogP contribution in [-0.4, -0.2) is 60.9 Å². The van der Waals surface area contributed by atoms with Crippen molar-refractivity contribution in [3.8, 4) is 22.8 Å². The molecule has 3 aromatic rings. The molecule has 0 unspecified atom stereocenters. The molecule has 0 saturated carbocycles. The fourth-order valence-corrected chi connectivity index (χ4v) is 3.85. The largest absolute Gasteiger partial charge is 0.493 e. The van der Waals surface area contributed by atoms with Gasteiger partial charge in [0.2, 0.25) is 0 Å². The van der Waals surface area contributed by atoms with Gasteiger partial charge in [-0.3, -0.25) is 4.79 Å². The predicted molar refractivity (Wildman–Crippen MR) is 124 cm³/mol. The van der Waals surface area contributed by atoms with Gasteiger partial charge in [0, 0.05) is 31.7 Å². The summed E-state index contributed by atoms with van der Waals surface area (Å²) in [6, 6.07) is 17.1. The Morgan fingerprint density at radius 2 is 1.78 bits per heavy atom. The number of benzene rings is 2.